The quantitative estimate of drug-likeness (QED) is 0.577. The first-order chi connectivity index (χ1) is 9.69. The molecule has 1 heterocycles. The smallest absolute Gasteiger partial charge is 0.349 e. The normalized spacial score (nSPS) is 12.6. The van der Waals surface area contributed by atoms with Crippen molar-refractivity contribution in [3.8, 4) is 0 Å². The minimum Gasteiger partial charge on any atom is -0.481 e. The molecule has 3 N–H and O–H groups in total. The Balaban J connectivity index is 3.11. The Kier molecular flexibility index (Phi) is 5.41. The lowest BCUT2D eigenvalue weighted by molar-refractivity contribution is -0.145. The maximum atomic E-state index is 12.1. The molecule has 116 valence electrons. The highest BCUT2D eigenvalue weighted by molar-refractivity contribution is 7.89. The monoisotopic (exact) mass is 337 g/mol. The fraction of sp³-hybridized carbons (Fsp3) is 0.300. The Labute approximate surface area is 123 Å². The van der Waals surface area contributed by atoms with Crippen LogP contribution >= 0.6 is 11.3 Å². The number of methoxy groups -OCH3 is 1. The van der Waals surface area contributed by atoms with Gasteiger partial charge in [-0.05, 0) is 11.4 Å². The van der Waals surface area contributed by atoms with Crippen molar-refractivity contribution in [1.29, 1.82) is 0 Å². The maximum Gasteiger partial charge on any atom is 0.349 e. The molecule has 0 amide bonds. The van der Waals surface area contributed by atoms with E-state index in [4.69, 9.17) is 10.2 Å². The third kappa shape index (κ3) is 4.24. The van der Waals surface area contributed by atoms with Crippen LogP contribution in [0.25, 0.3) is 0 Å². The van der Waals surface area contributed by atoms with Crippen LogP contribution in [0.1, 0.15) is 16.1 Å². The first-order valence-electron chi connectivity index (χ1n) is 5.31. The van der Waals surface area contributed by atoms with Crippen molar-refractivity contribution in [2.24, 2.45) is 0 Å². The van der Waals surface area contributed by atoms with Crippen LogP contribution in [0, 0.1) is 0 Å². The van der Waals surface area contributed by atoms with Crippen molar-refractivity contribution in [3.05, 3.63) is 16.3 Å². The van der Waals surface area contributed by atoms with E-state index in [0.717, 1.165) is 24.5 Å². The van der Waals surface area contributed by atoms with Gasteiger partial charge in [-0.3, -0.25) is 9.59 Å². The molecular weight excluding hydrogens is 326 g/mol. The molecule has 9 nitrogen and oxygen atoms in total. The van der Waals surface area contributed by atoms with Crippen LogP contribution in [-0.2, 0) is 24.3 Å². The van der Waals surface area contributed by atoms with Gasteiger partial charge in [0.1, 0.15) is 15.8 Å². The molecule has 0 aliphatic carbocycles. The summed E-state index contributed by atoms with van der Waals surface area (Å²) in [7, 11) is -3.31. The summed E-state index contributed by atoms with van der Waals surface area (Å²) in [4.78, 5) is 32.1. The van der Waals surface area contributed by atoms with E-state index in [-0.39, 0.29) is 4.88 Å². The summed E-state index contributed by atoms with van der Waals surface area (Å²) in [6.07, 6.45) is -0.938. The molecular formula is C10H11NO8S2. The molecule has 21 heavy (non-hydrogen) atoms. The molecule has 1 aromatic heterocycles. The molecule has 0 unspecified atom stereocenters. The number of hydrogen-bond donors (Lipinski definition) is 3. The summed E-state index contributed by atoms with van der Waals surface area (Å²) in [5.74, 6) is -4.02. The Bertz CT molecular complexity index is 662. The second kappa shape index (κ2) is 6.65. The first-order valence-corrected chi connectivity index (χ1v) is 7.68. The van der Waals surface area contributed by atoms with Crippen LogP contribution in [0.15, 0.2) is 16.3 Å². The van der Waals surface area contributed by atoms with Crippen LogP contribution in [-0.4, -0.2) is 49.7 Å². The molecule has 0 fully saturated rings. The lowest BCUT2D eigenvalue weighted by Crippen LogP contribution is -2.42. The zero-order valence-electron chi connectivity index (χ0n) is 10.6. The Hall–Kier alpha value is -1.98. The molecule has 0 aromatic carbocycles. The van der Waals surface area contributed by atoms with E-state index in [1.54, 1.807) is 4.72 Å². The summed E-state index contributed by atoms with van der Waals surface area (Å²) in [6, 6.07) is -0.753. The molecule has 1 rings (SSSR count). The highest BCUT2D eigenvalue weighted by atomic mass is 32.2. The van der Waals surface area contributed by atoms with E-state index in [0.29, 0.717) is 0 Å². The van der Waals surface area contributed by atoms with E-state index in [9.17, 15) is 22.8 Å². The number of carboxylic acids is 2. The number of thiophene rings is 1. The van der Waals surface area contributed by atoms with E-state index in [1.807, 2.05) is 0 Å². The fourth-order valence-electron chi connectivity index (χ4n) is 1.36. The molecule has 1 aromatic rings. The van der Waals surface area contributed by atoms with Gasteiger partial charge in [0.25, 0.3) is 0 Å². The maximum absolute atomic E-state index is 12.1. The Morgan fingerprint density at radius 2 is 2.00 bits per heavy atom. The van der Waals surface area contributed by atoms with E-state index >= 15 is 0 Å². The molecule has 0 saturated heterocycles. The van der Waals surface area contributed by atoms with Gasteiger partial charge in [-0.15, -0.1) is 11.3 Å². The number of ether oxygens (including phenoxy) is 1. The van der Waals surface area contributed by atoms with E-state index in [1.165, 1.54) is 5.38 Å². The second-order valence-corrected chi connectivity index (χ2v) is 6.31. The zero-order valence-corrected chi connectivity index (χ0v) is 12.2. The lowest BCUT2D eigenvalue weighted by Gasteiger charge is -2.12. The highest BCUT2D eigenvalue weighted by Crippen LogP contribution is 2.23. The van der Waals surface area contributed by atoms with Crippen LogP contribution in [0.5, 0.6) is 0 Å². The summed E-state index contributed by atoms with van der Waals surface area (Å²) in [6.45, 7) is 0. The van der Waals surface area contributed by atoms with Gasteiger partial charge in [-0.1, -0.05) is 0 Å². The molecule has 0 radical (unpaired) electrons. The Morgan fingerprint density at radius 1 is 1.38 bits per heavy atom. The van der Waals surface area contributed by atoms with Crippen LogP contribution in [0.4, 0.5) is 0 Å². The van der Waals surface area contributed by atoms with E-state index < -0.39 is 45.3 Å². The minimum absolute atomic E-state index is 0.232. The number of rotatable bonds is 7. The van der Waals surface area contributed by atoms with Crippen molar-refractivity contribution in [2.75, 3.05) is 7.11 Å². The van der Waals surface area contributed by atoms with Gasteiger partial charge < -0.3 is 14.9 Å². The van der Waals surface area contributed by atoms with Crippen LogP contribution in [0.3, 0.4) is 0 Å². The molecule has 0 spiro atoms. The molecule has 1 atom stereocenters. The number of carbonyl (C=O) groups is 3. The third-order valence-electron chi connectivity index (χ3n) is 2.26. The van der Waals surface area contributed by atoms with Crippen molar-refractivity contribution < 1.29 is 37.8 Å². The third-order valence-corrected chi connectivity index (χ3v) is 4.80. The van der Waals surface area contributed by atoms with Crippen molar-refractivity contribution >= 4 is 39.3 Å². The SMILES string of the molecule is COC(=O)c1sccc1S(=O)(=O)N[C@@H](CC(=O)O)C(=O)O. The lowest BCUT2D eigenvalue weighted by atomic mass is 10.2. The van der Waals surface area contributed by atoms with Crippen molar-refractivity contribution in [1.82, 2.24) is 4.72 Å². The summed E-state index contributed by atoms with van der Waals surface area (Å²) >= 11 is 0.801. The van der Waals surface area contributed by atoms with Gasteiger partial charge in [0, 0.05) is 0 Å². The van der Waals surface area contributed by atoms with Crippen LogP contribution in [0.2, 0.25) is 0 Å². The van der Waals surface area contributed by atoms with Crippen LogP contribution < -0.4 is 4.72 Å². The average molecular weight is 337 g/mol. The largest absolute Gasteiger partial charge is 0.481 e. The number of esters is 1. The number of nitrogens with one attached hydrogen (secondary N) is 1. The van der Waals surface area contributed by atoms with Gasteiger partial charge in [0.15, 0.2) is 0 Å². The molecule has 11 heteroatoms. The predicted octanol–water partition coefficient (Wildman–Crippen LogP) is -0.259. The Morgan fingerprint density at radius 3 is 2.48 bits per heavy atom. The fourth-order valence-corrected chi connectivity index (χ4v) is 3.88. The molecule has 0 saturated carbocycles. The summed E-state index contributed by atoms with van der Waals surface area (Å²) in [5.41, 5.74) is 0. The van der Waals surface area contributed by atoms with Gasteiger partial charge in [-0.25, -0.2) is 13.2 Å². The standard InChI is InChI=1S/C10H11NO8S2/c1-19-10(16)8-6(2-3-20-8)21(17,18)11-5(9(14)15)4-7(12)13/h2-3,5,11H,4H2,1H3,(H,12,13)(H,14,15)/t5-/m0/s1. The van der Waals surface area contributed by atoms with Gasteiger partial charge in [-0.2, -0.15) is 4.72 Å². The molecule has 0 aliphatic heterocycles. The topological polar surface area (TPSA) is 147 Å². The van der Waals surface area contributed by atoms with Gasteiger partial charge in [0.05, 0.1) is 13.5 Å². The second-order valence-electron chi connectivity index (χ2n) is 3.72. The number of carboxylic acid groups (broad SMARTS) is 2. The van der Waals surface area contributed by atoms with E-state index in [2.05, 4.69) is 4.74 Å². The first kappa shape index (κ1) is 17.1. The minimum atomic E-state index is -4.38. The number of aliphatic carboxylic acids is 2. The molecule has 0 bridgehead atoms. The molecule has 0 aliphatic rings. The van der Waals surface area contributed by atoms with Gasteiger partial charge in [0.2, 0.25) is 10.0 Å². The zero-order chi connectivity index (χ0) is 16.2. The summed E-state index contributed by atoms with van der Waals surface area (Å²) < 4.78 is 30.3. The number of hydrogen-bond acceptors (Lipinski definition) is 7. The van der Waals surface area contributed by atoms with Crippen molar-refractivity contribution in [3.63, 3.8) is 0 Å². The number of sulfonamides is 1. The highest BCUT2D eigenvalue weighted by Gasteiger charge is 2.31. The predicted molar refractivity (Wildman–Crippen MR) is 69.7 cm³/mol. The van der Waals surface area contributed by atoms with Crippen molar-refractivity contribution in [2.45, 2.75) is 17.4 Å². The average Bonchev–Trinajstić information content (AvgIpc) is 2.86. The summed E-state index contributed by atoms with van der Waals surface area (Å²) in [5, 5.41) is 18.7. The number of carbonyl (C=O) groups excluding carboxylic acids is 1. The van der Waals surface area contributed by atoms with Gasteiger partial charge >= 0.3 is 17.9 Å².